The summed E-state index contributed by atoms with van der Waals surface area (Å²) in [6.07, 6.45) is 1.14. The Balaban J connectivity index is 2.24. The number of β-amino-alcohol motifs (C(OH)–C–C–N with tert-alkyl or cyclic N) is 1. The highest BCUT2D eigenvalue weighted by Crippen LogP contribution is 2.21. The molecule has 1 unspecified atom stereocenters. The standard InChI is InChI=1S/C14H20N2O3/c1-3-19-12-7-6-10(2)15-13(12)14(18)16-8-4-5-11(17)9-16/h6-7,11,17H,3-5,8-9H2,1-2H3. The van der Waals surface area contributed by atoms with Crippen molar-refractivity contribution < 1.29 is 14.6 Å². The molecule has 1 saturated heterocycles. The summed E-state index contributed by atoms with van der Waals surface area (Å²) >= 11 is 0. The van der Waals surface area contributed by atoms with Gasteiger partial charge in [0, 0.05) is 18.8 Å². The molecule has 104 valence electrons. The maximum absolute atomic E-state index is 12.5. The largest absolute Gasteiger partial charge is 0.491 e. The summed E-state index contributed by atoms with van der Waals surface area (Å²) in [6, 6.07) is 3.60. The maximum Gasteiger partial charge on any atom is 0.276 e. The van der Waals surface area contributed by atoms with Crippen molar-refractivity contribution in [2.45, 2.75) is 32.8 Å². The van der Waals surface area contributed by atoms with Crippen LogP contribution in [0.25, 0.3) is 0 Å². The number of aliphatic hydroxyl groups excluding tert-OH is 1. The highest BCUT2D eigenvalue weighted by molar-refractivity contribution is 5.95. The Hall–Kier alpha value is -1.62. The molecule has 1 aliphatic heterocycles. The third-order valence-electron chi connectivity index (χ3n) is 3.18. The van der Waals surface area contributed by atoms with Crippen molar-refractivity contribution in [3.8, 4) is 5.75 Å². The van der Waals surface area contributed by atoms with E-state index in [1.54, 1.807) is 11.0 Å². The van der Waals surface area contributed by atoms with Crippen molar-refractivity contribution in [1.29, 1.82) is 0 Å². The van der Waals surface area contributed by atoms with Gasteiger partial charge in [0.15, 0.2) is 11.4 Å². The molecule has 1 aromatic rings. The zero-order valence-corrected chi connectivity index (χ0v) is 11.4. The number of pyridine rings is 1. The van der Waals surface area contributed by atoms with Crippen LogP contribution in [-0.2, 0) is 0 Å². The summed E-state index contributed by atoms with van der Waals surface area (Å²) in [5, 5.41) is 9.66. The SMILES string of the molecule is CCOc1ccc(C)nc1C(=O)N1CCCC(O)C1. The van der Waals surface area contributed by atoms with Gasteiger partial charge in [-0.25, -0.2) is 4.98 Å². The van der Waals surface area contributed by atoms with Gasteiger partial charge in [-0.1, -0.05) is 0 Å². The molecule has 1 aliphatic rings. The van der Waals surface area contributed by atoms with E-state index in [1.165, 1.54) is 0 Å². The van der Waals surface area contributed by atoms with E-state index < -0.39 is 6.10 Å². The Labute approximate surface area is 113 Å². The van der Waals surface area contributed by atoms with E-state index in [0.29, 0.717) is 31.1 Å². The van der Waals surface area contributed by atoms with Crippen LogP contribution in [0.15, 0.2) is 12.1 Å². The average molecular weight is 264 g/mol. The van der Waals surface area contributed by atoms with Crippen molar-refractivity contribution in [2.24, 2.45) is 0 Å². The van der Waals surface area contributed by atoms with Gasteiger partial charge in [-0.05, 0) is 38.8 Å². The fourth-order valence-electron chi connectivity index (χ4n) is 2.26. The van der Waals surface area contributed by atoms with Crippen molar-refractivity contribution in [2.75, 3.05) is 19.7 Å². The molecule has 1 aromatic heterocycles. The lowest BCUT2D eigenvalue weighted by molar-refractivity contribution is 0.0465. The van der Waals surface area contributed by atoms with Crippen LogP contribution in [0.2, 0.25) is 0 Å². The molecule has 1 fully saturated rings. The molecule has 1 N–H and O–H groups in total. The first-order chi connectivity index (χ1) is 9.11. The summed E-state index contributed by atoms with van der Waals surface area (Å²) in [5.74, 6) is 0.351. The van der Waals surface area contributed by atoms with Gasteiger partial charge in [0.1, 0.15) is 0 Å². The number of nitrogens with zero attached hydrogens (tertiary/aromatic N) is 2. The van der Waals surface area contributed by atoms with Crippen molar-refractivity contribution in [1.82, 2.24) is 9.88 Å². The Morgan fingerprint density at radius 3 is 3.05 bits per heavy atom. The van der Waals surface area contributed by atoms with Gasteiger partial charge in [0.05, 0.1) is 12.7 Å². The summed E-state index contributed by atoms with van der Waals surface area (Å²) < 4.78 is 5.46. The highest BCUT2D eigenvalue weighted by atomic mass is 16.5. The molecule has 2 heterocycles. The normalized spacial score (nSPS) is 19.3. The number of carbonyl (C=O) groups is 1. The summed E-state index contributed by atoms with van der Waals surface area (Å²) in [4.78, 5) is 18.4. The van der Waals surface area contributed by atoms with Crippen molar-refractivity contribution in [3.05, 3.63) is 23.5 Å². The van der Waals surface area contributed by atoms with Gasteiger partial charge in [-0.3, -0.25) is 4.79 Å². The van der Waals surface area contributed by atoms with Crippen LogP contribution in [0.1, 0.15) is 35.9 Å². The van der Waals surface area contributed by atoms with Crippen LogP contribution in [0.5, 0.6) is 5.75 Å². The Morgan fingerprint density at radius 1 is 1.58 bits per heavy atom. The van der Waals surface area contributed by atoms with Crippen LogP contribution in [0.4, 0.5) is 0 Å². The molecule has 0 radical (unpaired) electrons. The summed E-state index contributed by atoms with van der Waals surface area (Å²) in [7, 11) is 0. The Bertz CT molecular complexity index is 462. The van der Waals surface area contributed by atoms with E-state index in [4.69, 9.17) is 4.74 Å². The Kier molecular flexibility index (Phi) is 4.37. The van der Waals surface area contributed by atoms with Gasteiger partial charge < -0.3 is 14.7 Å². The van der Waals surface area contributed by atoms with Crippen molar-refractivity contribution in [3.63, 3.8) is 0 Å². The number of rotatable bonds is 3. The van der Waals surface area contributed by atoms with E-state index in [9.17, 15) is 9.90 Å². The third kappa shape index (κ3) is 3.23. The van der Waals surface area contributed by atoms with Gasteiger partial charge in [-0.2, -0.15) is 0 Å². The number of piperidine rings is 1. The fraction of sp³-hybridized carbons (Fsp3) is 0.571. The monoisotopic (exact) mass is 264 g/mol. The van der Waals surface area contributed by atoms with Crippen LogP contribution in [0, 0.1) is 6.92 Å². The second-order valence-corrected chi connectivity index (χ2v) is 4.78. The third-order valence-corrected chi connectivity index (χ3v) is 3.18. The molecule has 1 amide bonds. The van der Waals surface area contributed by atoms with E-state index in [-0.39, 0.29) is 5.91 Å². The van der Waals surface area contributed by atoms with Gasteiger partial charge in [0.25, 0.3) is 5.91 Å². The van der Waals surface area contributed by atoms with Gasteiger partial charge in [-0.15, -0.1) is 0 Å². The van der Waals surface area contributed by atoms with E-state index in [0.717, 1.165) is 18.5 Å². The lowest BCUT2D eigenvalue weighted by Gasteiger charge is -2.30. The molecule has 19 heavy (non-hydrogen) atoms. The smallest absolute Gasteiger partial charge is 0.276 e. The predicted octanol–water partition coefficient (Wildman–Crippen LogP) is 1.39. The highest BCUT2D eigenvalue weighted by Gasteiger charge is 2.26. The molecule has 0 aliphatic carbocycles. The lowest BCUT2D eigenvalue weighted by Crippen LogP contribution is -2.42. The number of ether oxygens (including phenoxy) is 1. The molecule has 0 aromatic carbocycles. The van der Waals surface area contributed by atoms with Crippen LogP contribution in [0.3, 0.4) is 0 Å². The van der Waals surface area contributed by atoms with Crippen molar-refractivity contribution >= 4 is 5.91 Å². The number of likely N-dealkylation sites (tertiary alicyclic amines) is 1. The van der Waals surface area contributed by atoms with Gasteiger partial charge in [0.2, 0.25) is 0 Å². The predicted molar refractivity (Wildman–Crippen MR) is 71.3 cm³/mol. The Morgan fingerprint density at radius 2 is 2.37 bits per heavy atom. The number of aryl methyl sites for hydroxylation is 1. The summed E-state index contributed by atoms with van der Waals surface area (Å²) in [5.41, 5.74) is 1.13. The number of carbonyl (C=O) groups excluding carboxylic acids is 1. The number of aliphatic hydroxyl groups is 1. The minimum Gasteiger partial charge on any atom is -0.491 e. The average Bonchev–Trinajstić information content (AvgIpc) is 2.40. The zero-order chi connectivity index (χ0) is 13.8. The molecule has 0 spiro atoms. The molecule has 2 rings (SSSR count). The molecule has 1 atom stereocenters. The topological polar surface area (TPSA) is 62.7 Å². The van der Waals surface area contributed by atoms with Crippen LogP contribution >= 0.6 is 0 Å². The first-order valence-electron chi connectivity index (χ1n) is 6.69. The second kappa shape index (κ2) is 6.02. The minimum atomic E-state index is -0.432. The lowest BCUT2D eigenvalue weighted by atomic mass is 10.1. The quantitative estimate of drug-likeness (QED) is 0.896. The molecule has 5 heteroatoms. The maximum atomic E-state index is 12.5. The van der Waals surface area contributed by atoms with E-state index in [1.807, 2.05) is 19.9 Å². The number of hydrogen-bond acceptors (Lipinski definition) is 4. The van der Waals surface area contributed by atoms with E-state index in [2.05, 4.69) is 4.98 Å². The van der Waals surface area contributed by atoms with E-state index >= 15 is 0 Å². The first kappa shape index (κ1) is 13.8. The first-order valence-corrected chi connectivity index (χ1v) is 6.69. The molecule has 5 nitrogen and oxygen atoms in total. The summed E-state index contributed by atoms with van der Waals surface area (Å²) in [6.45, 7) is 5.25. The number of amides is 1. The molecular formula is C14H20N2O3. The molecule has 0 saturated carbocycles. The minimum absolute atomic E-state index is 0.161. The zero-order valence-electron chi connectivity index (χ0n) is 11.4. The molecule has 0 bridgehead atoms. The van der Waals surface area contributed by atoms with Gasteiger partial charge >= 0.3 is 0 Å². The number of aromatic nitrogens is 1. The fourth-order valence-corrected chi connectivity index (χ4v) is 2.26. The van der Waals surface area contributed by atoms with Crippen LogP contribution < -0.4 is 4.74 Å². The number of hydrogen-bond donors (Lipinski definition) is 1. The second-order valence-electron chi connectivity index (χ2n) is 4.78. The van der Waals surface area contributed by atoms with Crippen LogP contribution in [-0.4, -0.2) is 46.7 Å². The molecular weight excluding hydrogens is 244 g/mol.